The van der Waals surface area contributed by atoms with Gasteiger partial charge in [-0.05, 0) is 45.0 Å². The first-order chi connectivity index (χ1) is 21.7. The molecule has 14 nitrogen and oxygen atoms in total. The molecule has 0 unspecified atom stereocenters. The minimum absolute atomic E-state index is 0.0850. The van der Waals surface area contributed by atoms with E-state index < -0.39 is 11.6 Å². The number of nitrogens with zero attached hydrogens (tertiary/aromatic N) is 4. The second-order valence-corrected chi connectivity index (χ2v) is 11.1. The fourth-order valence-electron chi connectivity index (χ4n) is 4.14. The molecule has 0 aliphatic carbocycles. The number of hydrogen-bond donors (Lipinski definition) is 0. The second kappa shape index (κ2) is 16.8. The molecule has 1 aliphatic rings. The molecule has 1 saturated heterocycles. The Morgan fingerprint density at radius 3 is 2.22 bits per heavy atom. The van der Waals surface area contributed by atoms with Crippen LogP contribution in [0.4, 0.5) is 10.8 Å². The van der Waals surface area contributed by atoms with E-state index in [1.165, 1.54) is 7.11 Å². The van der Waals surface area contributed by atoms with Gasteiger partial charge in [-0.3, -0.25) is 4.98 Å². The molecule has 3 aromatic rings. The second-order valence-electron chi connectivity index (χ2n) is 11.1. The maximum atomic E-state index is 12.3. The Morgan fingerprint density at radius 2 is 1.56 bits per heavy atom. The van der Waals surface area contributed by atoms with E-state index >= 15 is 0 Å². The van der Waals surface area contributed by atoms with Gasteiger partial charge in [-0.2, -0.15) is 4.98 Å². The van der Waals surface area contributed by atoms with E-state index in [9.17, 15) is 9.59 Å². The van der Waals surface area contributed by atoms with Gasteiger partial charge in [0.2, 0.25) is 0 Å². The maximum absolute atomic E-state index is 12.3. The highest BCUT2D eigenvalue weighted by Gasteiger charge is 2.27. The van der Waals surface area contributed by atoms with Crippen LogP contribution in [-0.2, 0) is 35.1 Å². The molecule has 0 spiro atoms. The highest BCUT2D eigenvalue weighted by atomic mass is 16.6. The predicted octanol–water partition coefficient (Wildman–Crippen LogP) is 3.46. The number of hydrogen-bond acceptors (Lipinski definition) is 13. The van der Waals surface area contributed by atoms with E-state index in [4.69, 9.17) is 32.8 Å². The first-order valence-electron chi connectivity index (χ1n) is 14.8. The molecular formula is C31H42N4O10. The molecule has 0 saturated carbocycles. The number of ether oxygens (including phenoxy) is 7. The van der Waals surface area contributed by atoms with Crippen LogP contribution in [0.5, 0.6) is 11.5 Å². The van der Waals surface area contributed by atoms with Crippen molar-refractivity contribution in [1.29, 1.82) is 0 Å². The normalized spacial score (nSPS) is 13.6. The van der Waals surface area contributed by atoms with Gasteiger partial charge in [0.25, 0.3) is 6.01 Å². The van der Waals surface area contributed by atoms with Gasteiger partial charge in [0.15, 0.2) is 5.58 Å². The Labute approximate surface area is 262 Å². The largest absolute Gasteiger partial charge is 0.490 e. The van der Waals surface area contributed by atoms with Crippen molar-refractivity contribution in [3.8, 4) is 11.5 Å². The van der Waals surface area contributed by atoms with Crippen LogP contribution in [0.1, 0.15) is 26.5 Å². The van der Waals surface area contributed by atoms with Gasteiger partial charge < -0.3 is 47.4 Å². The number of carbonyl (C=O) groups is 2. The minimum Gasteiger partial charge on any atom is -0.490 e. The van der Waals surface area contributed by atoms with Crippen LogP contribution in [0.2, 0.25) is 0 Å². The molecule has 0 atom stereocenters. The molecule has 1 fully saturated rings. The standard InChI is InChI=1S/C31H42N4O10/c1-31(2,3)45-30(37)35-11-9-34(10-12-35)29-33-26-19-24(7-8-27(26)44-29)43-21-23-5-6-25(20-32-23)42-18-17-40-14-13-39-15-16-41-22-28(36)38-4/h5-8,19-20H,9-18,21-22H2,1-4H3. The number of rotatable bonds is 16. The number of aromatic nitrogens is 2. The Morgan fingerprint density at radius 1 is 0.867 bits per heavy atom. The highest BCUT2D eigenvalue weighted by molar-refractivity contribution is 5.76. The third-order valence-electron chi connectivity index (χ3n) is 6.42. The lowest BCUT2D eigenvalue weighted by Gasteiger charge is -2.34. The Kier molecular flexibility index (Phi) is 12.6. The Bertz CT molecular complexity index is 1350. The molecule has 4 rings (SSSR count). The molecule has 1 amide bonds. The number of methoxy groups -OCH3 is 1. The van der Waals surface area contributed by atoms with Crippen molar-refractivity contribution in [1.82, 2.24) is 14.9 Å². The smallest absolute Gasteiger partial charge is 0.410 e. The van der Waals surface area contributed by atoms with Crippen LogP contribution >= 0.6 is 0 Å². The zero-order valence-corrected chi connectivity index (χ0v) is 26.3. The summed E-state index contributed by atoms with van der Waals surface area (Å²) in [6.07, 6.45) is 1.34. The lowest BCUT2D eigenvalue weighted by Crippen LogP contribution is -2.50. The zero-order valence-electron chi connectivity index (χ0n) is 26.3. The molecule has 1 aromatic carbocycles. The molecule has 14 heteroatoms. The number of esters is 1. The van der Waals surface area contributed by atoms with Gasteiger partial charge >= 0.3 is 12.1 Å². The average Bonchev–Trinajstić information content (AvgIpc) is 3.46. The summed E-state index contributed by atoms with van der Waals surface area (Å²) in [6, 6.07) is 9.69. The molecular weight excluding hydrogens is 588 g/mol. The Balaban J connectivity index is 1.11. The molecule has 2 aromatic heterocycles. The predicted molar refractivity (Wildman–Crippen MR) is 163 cm³/mol. The minimum atomic E-state index is -0.524. The average molecular weight is 631 g/mol. The van der Waals surface area contributed by atoms with Crippen molar-refractivity contribution in [3.63, 3.8) is 0 Å². The van der Waals surface area contributed by atoms with Crippen LogP contribution < -0.4 is 14.4 Å². The van der Waals surface area contributed by atoms with Crippen LogP contribution in [0.15, 0.2) is 40.9 Å². The van der Waals surface area contributed by atoms with Crippen LogP contribution in [0.3, 0.4) is 0 Å². The number of fused-ring (bicyclic) bond motifs is 1. The van der Waals surface area contributed by atoms with Crippen molar-refractivity contribution in [3.05, 3.63) is 42.2 Å². The Hall–Kier alpha value is -4.14. The summed E-state index contributed by atoms with van der Waals surface area (Å²) < 4.78 is 43.5. The summed E-state index contributed by atoms with van der Waals surface area (Å²) >= 11 is 0. The van der Waals surface area contributed by atoms with E-state index in [1.54, 1.807) is 11.1 Å². The van der Waals surface area contributed by atoms with Crippen molar-refractivity contribution in [2.75, 3.05) is 84.4 Å². The van der Waals surface area contributed by atoms with E-state index in [-0.39, 0.29) is 19.3 Å². The summed E-state index contributed by atoms with van der Waals surface area (Å²) in [5.41, 5.74) is 1.57. The number of oxazole rings is 1. The number of benzene rings is 1. The molecule has 0 bridgehead atoms. The summed E-state index contributed by atoms with van der Waals surface area (Å²) in [6.45, 7) is 10.3. The van der Waals surface area contributed by atoms with Gasteiger partial charge in [-0.25, -0.2) is 9.59 Å². The number of piperazine rings is 1. The molecule has 1 aliphatic heterocycles. The topological polar surface area (TPSA) is 144 Å². The van der Waals surface area contributed by atoms with Gasteiger partial charge in [0, 0.05) is 32.2 Å². The fraction of sp³-hybridized carbons (Fsp3) is 0.548. The van der Waals surface area contributed by atoms with Crippen LogP contribution in [0, 0.1) is 0 Å². The number of anilines is 1. The van der Waals surface area contributed by atoms with Gasteiger partial charge in [-0.15, -0.1) is 0 Å². The molecule has 246 valence electrons. The van der Waals surface area contributed by atoms with Gasteiger partial charge in [0.05, 0.1) is 52.0 Å². The molecule has 0 N–H and O–H groups in total. The third kappa shape index (κ3) is 11.4. The van der Waals surface area contributed by atoms with Gasteiger partial charge in [-0.1, -0.05) is 0 Å². The fourth-order valence-corrected chi connectivity index (χ4v) is 4.14. The molecule has 45 heavy (non-hydrogen) atoms. The summed E-state index contributed by atoms with van der Waals surface area (Å²) in [7, 11) is 1.31. The van der Waals surface area contributed by atoms with Crippen LogP contribution in [0.25, 0.3) is 11.1 Å². The molecule has 0 radical (unpaired) electrons. The zero-order chi connectivity index (χ0) is 32.1. The van der Waals surface area contributed by atoms with E-state index in [2.05, 4.69) is 14.7 Å². The van der Waals surface area contributed by atoms with E-state index in [1.807, 2.05) is 56.0 Å². The maximum Gasteiger partial charge on any atom is 0.410 e. The SMILES string of the molecule is COC(=O)COCCOCCOCCOc1ccc(COc2ccc3oc(N4CCN(C(=O)OC(C)(C)C)CC4)nc3c2)nc1. The van der Waals surface area contributed by atoms with Crippen molar-refractivity contribution >= 4 is 29.2 Å². The highest BCUT2D eigenvalue weighted by Crippen LogP contribution is 2.27. The van der Waals surface area contributed by atoms with Crippen LogP contribution in [-0.4, -0.2) is 112 Å². The summed E-state index contributed by atoms with van der Waals surface area (Å²) in [4.78, 5) is 36.0. The molecule has 3 heterocycles. The lowest BCUT2D eigenvalue weighted by molar-refractivity contribution is -0.146. The van der Waals surface area contributed by atoms with Crippen molar-refractivity contribution in [2.45, 2.75) is 33.0 Å². The first kappa shape index (κ1) is 33.7. The summed E-state index contributed by atoms with van der Waals surface area (Å²) in [5.74, 6) is 0.859. The van der Waals surface area contributed by atoms with E-state index in [0.29, 0.717) is 94.4 Å². The van der Waals surface area contributed by atoms with Gasteiger partial charge in [0.1, 0.15) is 42.4 Å². The number of pyridine rings is 1. The monoisotopic (exact) mass is 630 g/mol. The lowest BCUT2D eigenvalue weighted by atomic mass is 10.2. The quantitative estimate of drug-likeness (QED) is 0.168. The van der Waals surface area contributed by atoms with E-state index in [0.717, 1.165) is 5.69 Å². The third-order valence-corrected chi connectivity index (χ3v) is 6.42. The first-order valence-corrected chi connectivity index (χ1v) is 14.8. The van der Waals surface area contributed by atoms with Crippen molar-refractivity contribution in [2.24, 2.45) is 0 Å². The summed E-state index contributed by atoms with van der Waals surface area (Å²) in [5, 5.41) is 0. The van der Waals surface area contributed by atoms with Crippen molar-refractivity contribution < 1.29 is 47.2 Å². The number of amides is 1. The number of carbonyl (C=O) groups excluding carboxylic acids is 2.